The van der Waals surface area contributed by atoms with E-state index in [2.05, 4.69) is 46.8 Å². The molecule has 0 fully saturated rings. The van der Waals surface area contributed by atoms with Gasteiger partial charge in [0.15, 0.2) is 0 Å². The molecule has 2 aliphatic rings. The zero-order valence-electron chi connectivity index (χ0n) is 14.3. The predicted molar refractivity (Wildman–Crippen MR) is 97.1 cm³/mol. The number of carbonyl (C=O) groups is 1. The number of ether oxygens (including phenoxy) is 1. The Balaban J connectivity index is 1.71. The van der Waals surface area contributed by atoms with Crippen LogP contribution in [0.25, 0.3) is 10.9 Å². The van der Waals surface area contributed by atoms with Gasteiger partial charge in [0, 0.05) is 37.1 Å². The number of hydrogen-bond donors (Lipinski definition) is 0. The molecule has 0 radical (unpaired) electrons. The summed E-state index contributed by atoms with van der Waals surface area (Å²) in [6.07, 6.45) is -0.0896. The number of anilines is 1. The van der Waals surface area contributed by atoms with E-state index in [0.29, 0.717) is 6.54 Å². The minimum absolute atomic E-state index is 0.0896. The first kappa shape index (κ1) is 14.4. The minimum Gasteiger partial charge on any atom is -0.497 e. The lowest BCUT2D eigenvalue weighted by Gasteiger charge is -2.46. The van der Waals surface area contributed by atoms with Crippen molar-refractivity contribution in [3.8, 4) is 5.75 Å². The molecule has 1 unspecified atom stereocenters. The maximum Gasteiger partial charge on any atom is 0.257 e. The molecule has 0 saturated heterocycles. The van der Waals surface area contributed by atoms with Crippen LogP contribution < -0.4 is 9.64 Å². The number of fused-ring (bicyclic) bond motifs is 6. The lowest BCUT2D eigenvalue weighted by molar-refractivity contribution is 0.0602. The average Bonchev–Trinajstić information content (AvgIpc) is 3.03. The molecule has 2 aliphatic heterocycles. The molecule has 3 heterocycles. The van der Waals surface area contributed by atoms with Crippen LogP contribution in [-0.2, 0) is 6.54 Å². The molecule has 1 aromatic heterocycles. The molecule has 5 heteroatoms. The molecule has 0 aliphatic carbocycles. The number of nitrogens with zero attached hydrogens (tertiary/aromatic N) is 3. The van der Waals surface area contributed by atoms with Crippen molar-refractivity contribution < 1.29 is 9.53 Å². The van der Waals surface area contributed by atoms with Crippen molar-refractivity contribution in [3.63, 3.8) is 0 Å². The van der Waals surface area contributed by atoms with Crippen LogP contribution in [0.2, 0.25) is 0 Å². The Bertz CT molecular complexity index is 1010. The van der Waals surface area contributed by atoms with E-state index < -0.39 is 0 Å². The number of rotatable bonds is 1. The van der Waals surface area contributed by atoms with Crippen molar-refractivity contribution >= 4 is 22.5 Å². The van der Waals surface area contributed by atoms with E-state index in [1.165, 1.54) is 10.9 Å². The highest BCUT2D eigenvalue weighted by molar-refractivity contribution is 6.02. The lowest BCUT2D eigenvalue weighted by Crippen LogP contribution is -2.52. The molecular formula is C20H19N3O2. The van der Waals surface area contributed by atoms with Gasteiger partial charge in [-0.1, -0.05) is 18.2 Å². The Kier molecular flexibility index (Phi) is 2.89. The Hall–Kier alpha value is -2.95. The normalized spacial score (nSPS) is 18.8. The van der Waals surface area contributed by atoms with Crippen LogP contribution in [-0.4, -0.2) is 36.1 Å². The molecule has 0 spiro atoms. The standard InChI is InChI=1S/C20H19N3O2/c1-21-17-12-14(25-2)7-8-15(17)20(24)23-10-9-22-16-6-4-3-5-13(16)11-18(22)19(21)23/h3-8,11-12,19H,9-10H2,1-2H3. The molecule has 5 rings (SSSR count). The number of aromatic nitrogens is 1. The SMILES string of the molecule is COc1ccc2c(c1)N(C)C1c3cc4ccccc4n3CCN1C2=O. The summed E-state index contributed by atoms with van der Waals surface area (Å²) in [5, 5.41) is 1.22. The Labute approximate surface area is 146 Å². The lowest BCUT2D eigenvalue weighted by atomic mass is 10.0. The highest BCUT2D eigenvalue weighted by atomic mass is 16.5. The van der Waals surface area contributed by atoms with E-state index in [0.717, 1.165) is 29.2 Å². The van der Waals surface area contributed by atoms with Crippen molar-refractivity contribution in [3.05, 3.63) is 59.8 Å². The molecule has 3 aromatic rings. The third-order valence-electron chi connectivity index (χ3n) is 5.41. The van der Waals surface area contributed by atoms with Gasteiger partial charge >= 0.3 is 0 Å². The first-order chi connectivity index (χ1) is 12.2. The van der Waals surface area contributed by atoms with Crippen molar-refractivity contribution in [1.29, 1.82) is 0 Å². The number of methoxy groups -OCH3 is 1. The number of benzene rings is 2. The number of carbonyl (C=O) groups excluding carboxylic acids is 1. The summed E-state index contributed by atoms with van der Waals surface area (Å²) in [5.41, 5.74) is 4.06. The van der Waals surface area contributed by atoms with Crippen molar-refractivity contribution in [1.82, 2.24) is 9.47 Å². The summed E-state index contributed by atoms with van der Waals surface area (Å²) in [6, 6.07) is 16.3. The highest BCUT2D eigenvalue weighted by Crippen LogP contribution is 2.42. The quantitative estimate of drug-likeness (QED) is 0.686. The number of para-hydroxylation sites is 1. The van der Waals surface area contributed by atoms with E-state index in [1.807, 2.05) is 23.1 Å². The molecular weight excluding hydrogens is 314 g/mol. The molecule has 2 aromatic carbocycles. The maximum atomic E-state index is 13.1. The molecule has 0 bridgehead atoms. The average molecular weight is 333 g/mol. The Morgan fingerprint density at radius 3 is 2.76 bits per heavy atom. The van der Waals surface area contributed by atoms with Crippen LogP contribution in [0.3, 0.4) is 0 Å². The largest absolute Gasteiger partial charge is 0.497 e. The van der Waals surface area contributed by atoms with E-state index in [4.69, 9.17) is 4.74 Å². The van der Waals surface area contributed by atoms with Crippen LogP contribution in [0.4, 0.5) is 5.69 Å². The van der Waals surface area contributed by atoms with Crippen LogP contribution in [0.1, 0.15) is 22.2 Å². The topological polar surface area (TPSA) is 37.7 Å². The smallest absolute Gasteiger partial charge is 0.257 e. The van der Waals surface area contributed by atoms with E-state index in [-0.39, 0.29) is 12.1 Å². The van der Waals surface area contributed by atoms with Gasteiger partial charge in [-0.15, -0.1) is 0 Å². The van der Waals surface area contributed by atoms with Gasteiger partial charge < -0.3 is 19.1 Å². The monoisotopic (exact) mass is 333 g/mol. The van der Waals surface area contributed by atoms with E-state index >= 15 is 0 Å². The van der Waals surface area contributed by atoms with Crippen LogP contribution in [0.15, 0.2) is 48.5 Å². The van der Waals surface area contributed by atoms with Crippen molar-refractivity contribution in [2.75, 3.05) is 25.6 Å². The fraction of sp³-hybridized carbons (Fsp3) is 0.250. The van der Waals surface area contributed by atoms with Crippen LogP contribution >= 0.6 is 0 Å². The second-order valence-electron chi connectivity index (χ2n) is 6.65. The fourth-order valence-corrected chi connectivity index (χ4v) is 4.20. The molecule has 0 N–H and O–H groups in total. The van der Waals surface area contributed by atoms with Crippen LogP contribution in [0, 0.1) is 0 Å². The van der Waals surface area contributed by atoms with E-state index in [9.17, 15) is 4.79 Å². The van der Waals surface area contributed by atoms with Gasteiger partial charge in [0.05, 0.1) is 24.1 Å². The fourth-order valence-electron chi connectivity index (χ4n) is 4.20. The van der Waals surface area contributed by atoms with Gasteiger partial charge in [0.2, 0.25) is 0 Å². The van der Waals surface area contributed by atoms with Crippen LogP contribution in [0.5, 0.6) is 5.75 Å². The van der Waals surface area contributed by atoms with Crippen molar-refractivity contribution in [2.45, 2.75) is 12.7 Å². The molecule has 5 nitrogen and oxygen atoms in total. The third-order valence-corrected chi connectivity index (χ3v) is 5.41. The molecule has 25 heavy (non-hydrogen) atoms. The molecule has 126 valence electrons. The predicted octanol–water partition coefficient (Wildman–Crippen LogP) is 3.25. The minimum atomic E-state index is -0.0896. The summed E-state index contributed by atoms with van der Waals surface area (Å²) in [7, 11) is 3.70. The second-order valence-corrected chi connectivity index (χ2v) is 6.65. The van der Waals surface area contributed by atoms with Gasteiger partial charge in [-0.25, -0.2) is 0 Å². The van der Waals surface area contributed by atoms with Gasteiger partial charge in [0.25, 0.3) is 5.91 Å². The second kappa shape index (κ2) is 5.02. The molecule has 1 amide bonds. The third kappa shape index (κ3) is 1.86. The summed E-state index contributed by atoms with van der Waals surface area (Å²) in [4.78, 5) is 17.2. The zero-order chi connectivity index (χ0) is 17.1. The summed E-state index contributed by atoms with van der Waals surface area (Å²) in [6.45, 7) is 1.54. The first-order valence-corrected chi connectivity index (χ1v) is 8.49. The van der Waals surface area contributed by atoms with Gasteiger partial charge in [-0.2, -0.15) is 0 Å². The zero-order valence-corrected chi connectivity index (χ0v) is 14.3. The Morgan fingerprint density at radius 1 is 1.08 bits per heavy atom. The summed E-state index contributed by atoms with van der Waals surface area (Å²) < 4.78 is 7.70. The summed E-state index contributed by atoms with van der Waals surface area (Å²) in [5.74, 6) is 0.862. The number of amides is 1. The van der Waals surface area contributed by atoms with Gasteiger partial charge in [-0.05, 0) is 24.3 Å². The molecule has 1 atom stereocenters. The van der Waals surface area contributed by atoms with Gasteiger partial charge in [0.1, 0.15) is 11.9 Å². The highest BCUT2D eigenvalue weighted by Gasteiger charge is 2.40. The number of hydrogen-bond acceptors (Lipinski definition) is 3. The van der Waals surface area contributed by atoms with Gasteiger partial charge in [-0.3, -0.25) is 4.79 Å². The first-order valence-electron chi connectivity index (χ1n) is 8.49. The van der Waals surface area contributed by atoms with E-state index in [1.54, 1.807) is 7.11 Å². The maximum absolute atomic E-state index is 13.1. The van der Waals surface area contributed by atoms with Crippen molar-refractivity contribution in [2.24, 2.45) is 0 Å². The molecule has 0 saturated carbocycles. The summed E-state index contributed by atoms with van der Waals surface area (Å²) >= 11 is 0. The Morgan fingerprint density at radius 2 is 1.92 bits per heavy atom.